The van der Waals surface area contributed by atoms with E-state index in [0.717, 1.165) is 55.9 Å². The molecule has 0 radical (unpaired) electrons. The first-order chi connectivity index (χ1) is 41.4. The van der Waals surface area contributed by atoms with Gasteiger partial charge in [-0.2, -0.15) is 0 Å². The second-order valence-corrected chi connectivity index (χ2v) is 26.3. The van der Waals surface area contributed by atoms with Crippen LogP contribution < -0.4 is 9.80 Å². The largest absolute Gasteiger partial charge is 0.311 e. The lowest BCUT2D eigenvalue weighted by Crippen LogP contribution is -2.27. The Morgan fingerprint density at radius 1 is 0.235 bits per heavy atom. The number of halogens is 2. The molecule has 1 spiro atoms. The monoisotopic (exact) mass is 1220 g/mol. The van der Waals surface area contributed by atoms with Gasteiger partial charge in [0.25, 0.3) is 0 Å². The molecule has 0 atom stereocenters. The Balaban J connectivity index is 0.790. The number of benzene rings is 12. The van der Waals surface area contributed by atoms with Crippen molar-refractivity contribution in [1.82, 2.24) is 0 Å². The first-order valence-electron chi connectivity index (χ1n) is 29.5. The number of hydrogen-bond donors (Lipinski definition) is 0. The summed E-state index contributed by atoms with van der Waals surface area (Å²) in [6, 6.07) is 107. The summed E-state index contributed by atoms with van der Waals surface area (Å²) in [5.74, 6) is 0. The predicted molar refractivity (Wildman–Crippen MR) is 366 cm³/mol. The van der Waals surface area contributed by atoms with Gasteiger partial charge < -0.3 is 9.80 Å². The van der Waals surface area contributed by atoms with E-state index in [2.05, 4.69) is 361 Å². The lowest BCUT2D eigenvalue weighted by molar-refractivity contribution is 0.350. The Morgan fingerprint density at radius 3 is 0.706 bits per heavy atom. The molecule has 14 rings (SSSR count). The van der Waals surface area contributed by atoms with Gasteiger partial charge in [0.1, 0.15) is 0 Å². The van der Waals surface area contributed by atoms with E-state index < -0.39 is 0 Å². The molecule has 0 unspecified atom stereocenters. The smallest absolute Gasteiger partial charge is 0.0462 e. The summed E-state index contributed by atoms with van der Waals surface area (Å²) >= 11 is 7.22. The van der Waals surface area contributed by atoms with Gasteiger partial charge >= 0.3 is 0 Å². The van der Waals surface area contributed by atoms with Crippen LogP contribution in [0.2, 0.25) is 0 Å². The Bertz CT molecular complexity index is 4060. The van der Waals surface area contributed by atoms with Crippen molar-refractivity contribution in [2.75, 3.05) is 9.80 Å². The normalized spacial score (nSPS) is 14.2. The minimum Gasteiger partial charge on any atom is -0.311 e. The van der Waals surface area contributed by atoms with E-state index in [-0.39, 0.29) is 16.2 Å². The second-order valence-electron chi connectivity index (χ2n) is 24.4. The maximum Gasteiger partial charge on any atom is 0.0462 e. The molecule has 0 saturated heterocycles. The quantitative estimate of drug-likeness (QED) is 0.120. The highest BCUT2D eigenvalue weighted by atomic mass is 79.9. The van der Waals surface area contributed by atoms with E-state index >= 15 is 0 Å². The van der Waals surface area contributed by atoms with Gasteiger partial charge in [0.15, 0.2) is 0 Å². The molecular weight excluding hydrogens is 1160 g/mol. The molecule has 0 fully saturated rings. The van der Waals surface area contributed by atoms with Gasteiger partial charge in [-0.15, -0.1) is 0 Å². The fourth-order valence-electron chi connectivity index (χ4n) is 14.0. The number of fused-ring (bicyclic) bond motifs is 4. The number of nitrogens with zero attached hydrogens (tertiary/aromatic N) is 2. The SMILES string of the molecule is CC1(C)CC2(CC(C)(C)c3ccc(-c4ccc(N(c5ccc(-c6ccccc6)cc5)c5ccc(-c6ccc(Br)cc6)cc5)cc4)cc32)c2cc(-c3ccc(N(c4ccc(-c5ccccc5)cc4)c4ccc(-c5ccc(Br)cc5)cc4)cc3)ccc21. The third-order valence-electron chi connectivity index (χ3n) is 18.0. The third kappa shape index (κ3) is 10.4. The highest BCUT2D eigenvalue weighted by Gasteiger charge is 2.56. The molecule has 12 aromatic carbocycles. The molecule has 12 aromatic rings. The van der Waals surface area contributed by atoms with Gasteiger partial charge in [-0.25, -0.2) is 0 Å². The van der Waals surface area contributed by atoms with Crippen LogP contribution in [-0.2, 0) is 16.2 Å². The Kier molecular flexibility index (Phi) is 14.0. The van der Waals surface area contributed by atoms with Crippen LogP contribution >= 0.6 is 31.9 Å². The van der Waals surface area contributed by atoms with Gasteiger partial charge in [-0.05, 0) is 222 Å². The van der Waals surface area contributed by atoms with Gasteiger partial charge in [0, 0.05) is 48.5 Å². The van der Waals surface area contributed by atoms with E-state index in [1.165, 1.54) is 89.0 Å². The molecule has 412 valence electrons. The Hall–Kier alpha value is -8.80. The van der Waals surface area contributed by atoms with E-state index in [1.54, 1.807) is 0 Å². The van der Waals surface area contributed by atoms with E-state index in [1.807, 2.05) is 0 Å². The molecule has 2 aliphatic carbocycles. The van der Waals surface area contributed by atoms with Crippen LogP contribution in [0.5, 0.6) is 0 Å². The summed E-state index contributed by atoms with van der Waals surface area (Å²) in [6.45, 7) is 9.85. The average molecular weight is 1230 g/mol. The highest BCUT2D eigenvalue weighted by molar-refractivity contribution is 9.10. The molecule has 0 amide bonds. The minimum absolute atomic E-state index is 0.00423. The van der Waals surface area contributed by atoms with Crippen LogP contribution in [-0.4, -0.2) is 0 Å². The second kappa shape index (κ2) is 22.0. The van der Waals surface area contributed by atoms with Gasteiger partial charge in [0.05, 0.1) is 0 Å². The number of hydrogen-bond acceptors (Lipinski definition) is 2. The van der Waals surface area contributed by atoms with Crippen LogP contribution in [0.25, 0.3) is 66.8 Å². The maximum atomic E-state index is 3.61. The fraction of sp³-hybridized carbons (Fsp3) is 0.111. The van der Waals surface area contributed by atoms with E-state index in [4.69, 9.17) is 0 Å². The van der Waals surface area contributed by atoms with Gasteiger partial charge in [-0.3, -0.25) is 0 Å². The van der Waals surface area contributed by atoms with E-state index in [9.17, 15) is 0 Å². The van der Waals surface area contributed by atoms with Crippen molar-refractivity contribution in [3.05, 3.63) is 322 Å². The molecule has 0 aromatic heterocycles. The average Bonchev–Trinajstić information content (AvgIpc) is 1.56. The molecule has 0 saturated carbocycles. The summed E-state index contributed by atoms with van der Waals surface area (Å²) in [4.78, 5) is 4.75. The summed E-state index contributed by atoms with van der Waals surface area (Å²) in [7, 11) is 0. The highest BCUT2D eigenvalue weighted by Crippen LogP contribution is 2.63. The summed E-state index contributed by atoms with van der Waals surface area (Å²) in [5.41, 5.74) is 26.8. The molecule has 2 aliphatic rings. The third-order valence-corrected chi connectivity index (χ3v) is 19.1. The molecule has 85 heavy (non-hydrogen) atoms. The Labute approximate surface area is 518 Å². The van der Waals surface area contributed by atoms with Crippen LogP contribution in [0.1, 0.15) is 62.8 Å². The zero-order valence-electron chi connectivity index (χ0n) is 48.3. The molecule has 4 heteroatoms. The van der Waals surface area contributed by atoms with Crippen molar-refractivity contribution in [1.29, 1.82) is 0 Å². The standard InChI is InChI=1S/C81H64Br2N2/c1-79(2)53-81(77-51-65(31-49-75(77)79)63-27-45-73(46-28-63)84(69-37-19-59(20-38-69)55-11-7-5-8-12-55)71-41-23-61(24-42-71)57-15-33-67(82)34-16-57)54-80(3,4)76-50-32-66(52-78(76)81)64-29-47-74(48-30-64)85(70-39-21-60(22-40-70)56-13-9-6-10-14-56)72-43-25-62(26-44-72)58-17-35-68(83)36-18-58/h5-52H,53-54H2,1-4H3. The van der Waals surface area contributed by atoms with Crippen LogP contribution in [0.15, 0.2) is 300 Å². The lowest BCUT2D eigenvalue weighted by atomic mass is 9.72. The maximum absolute atomic E-state index is 3.61. The first kappa shape index (κ1) is 54.2. The predicted octanol–water partition coefficient (Wildman–Crippen LogP) is 23.8. The molecule has 0 N–H and O–H groups in total. The zero-order chi connectivity index (χ0) is 57.9. The van der Waals surface area contributed by atoms with Crippen LogP contribution in [0, 0.1) is 0 Å². The molecular formula is C81H64Br2N2. The first-order valence-corrected chi connectivity index (χ1v) is 31.1. The van der Waals surface area contributed by atoms with Crippen molar-refractivity contribution < 1.29 is 0 Å². The van der Waals surface area contributed by atoms with Crippen molar-refractivity contribution in [2.45, 2.75) is 56.8 Å². The van der Waals surface area contributed by atoms with Crippen LogP contribution in [0.3, 0.4) is 0 Å². The minimum atomic E-state index is -0.139. The topological polar surface area (TPSA) is 6.48 Å². The van der Waals surface area contributed by atoms with Crippen molar-refractivity contribution in [2.24, 2.45) is 0 Å². The van der Waals surface area contributed by atoms with E-state index in [0.29, 0.717) is 0 Å². The Morgan fingerprint density at radius 2 is 0.447 bits per heavy atom. The lowest BCUT2D eigenvalue weighted by Gasteiger charge is -2.31. The fourth-order valence-corrected chi connectivity index (χ4v) is 14.5. The molecule has 2 nitrogen and oxygen atoms in total. The number of rotatable bonds is 12. The summed E-state index contributed by atoms with van der Waals surface area (Å²) < 4.78 is 2.15. The summed E-state index contributed by atoms with van der Waals surface area (Å²) in [5, 5.41) is 0. The summed E-state index contributed by atoms with van der Waals surface area (Å²) in [6.07, 6.45) is 2.13. The van der Waals surface area contributed by atoms with Crippen molar-refractivity contribution in [3.63, 3.8) is 0 Å². The van der Waals surface area contributed by atoms with Crippen molar-refractivity contribution >= 4 is 66.0 Å². The molecule has 0 aliphatic heterocycles. The van der Waals surface area contributed by atoms with Crippen molar-refractivity contribution in [3.8, 4) is 66.8 Å². The zero-order valence-corrected chi connectivity index (χ0v) is 51.4. The number of anilines is 6. The van der Waals surface area contributed by atoms with Crippen LogP contribution in [0.4, 0.5) is 34.1 Å². The molecule has 0 bridgehead atoms. The van der Waals surface area contributed by atoms with Gasteiger partial charge in [-0.1, -0.05) is 242 Å². The molecule has 0 heterocycles. The van der Waals surface area contributed by atoms with Gasteiger partial charge in [0.2, 0.25) is 0 Å².